The lowest BCUT2D eigenvalue weighted by Crippen LogP contribution is -2.38. The van der Waals surface area contributed by atoms with Crippen molar-refractivity contribution in [1.29, 1.82) is 0 Å². The van der Waals surface area contributed by atoms with Crippen LogP contribution in [0.25, 0.3) is 5.69 Å². The number of methoxy groups -OCH3 is 1. The summed E-state index contributed by atoms with van der Waals surface area (Å²) < 4.78 is 13.5. The van der Waals surface area contributed by atoms with Gasteiger partial charge in [-0.05, 0) is 49.0 Å². The van der Waals surface area contributed by atoms with E-state index in [1.807, 2.05) is 60.0 Å². The average Bonchev–Trinajstić information content (AvgIpc) is 3.05. The summed E-state index contributed by atoms with van der Waals surface area (Å²) >= 11 is 6.81. The molecule has 2 aromatic carbocycles. The number of fused-ring (bicyclic) bond motifs is 1. The minimum Gasteiger partial charge on any atom is -0.493 e. The van der Waals surface area contributed by atoms with E-state index >= 15 is 0 Å². The molecule has 4 rings (SSSR count). The number of amides is 1. The van der Waals surface area contributed by atoms with Crippen LogP contribution < -0.4 is 20.1 Å². The molecule has 0 spiro atoms. The van der Waals surface area contributed by atoms with Gasteiger partial charge in [0.15, 0.2) is 15.5 Å². The molecule has 6 nitrogen and oxygen atoms in total. The van der Waals surface area contributed by atoms with E-state index in [9.17, 15) is 4.79 Å². The molecular weight excluding hydrogens is 394 g/mol. The molecule has 0 unspecified atom stereocenters. The number of para-hydroxylation sites is 1. The Kier molecular flexibility index (Phi) is 5.06. The fraction of sp³-hybridized carbons (Fsp3) is 0.200. The van der Waals surface area contributed by atoms with E-state index in [-0.39, 0.29) is 5.91 Å². The number of anilines is 1. The highest BCUT2D eigenvalue weighted by molar-refractivity contribution is 7.73. The van der Waals surface area contributed by atoms with Gasteiger partial charge >= 0.3 is 0 Å². The third-order valence-corrected chi connectivity index (χ3v) is 5.78. The van der Waals surface area contributed by atoms with Crippen molar-refractivity contribution in [3.8, 4) is 17.2 Å². The third-order valence-electron chi connectivity index (χ3n) is 4.41. The molecule has 2 heterocycles. The maximum absolute atomic E-state index is 12.7. The van der Waals surface area contributed by atoms with E-state index in [4.69, 9.17) is 21.7 Å². The van der Waals surface area contributed by atoms with Gasteiger partial charge in [-0.2, -0.15) is 0 Å². The number of ether oxygens (including phenoxy) is 2. The van der Waals surface area contributed by atoms with Crippen LogP contribution >= 0.6 is 23.6 Å². The molecule has 0 aliphatic carbocycles. The fourth-order valence-electron chi connectivity index (χ4n) is 3.14. The fourth-order valence-corrected chi connectivity index (χ4v) is 4.45. The Bertz CT molecular complexity index is 1080. The van der Waals surface area contributed by atoms with Gasteiger partial charge in [-0.25, -0.2) is 0 Å². The summed E-state index contributed by atoms with van der Waals surface area (Å²) in [5, 5.41) is 6.40. The quantitative estimate of drug-likeness (QED) is 0.602. The summed E-state index contributed by atoms with van der Waals surface area (Å²) in [6, 6.07) is 15.4. The van der Waals surface area contributed by atoms with Crippen LogP contribution in [0.2, 0.25) is 0 Å². The summed E-state index contributed by atoms with van der Waals surface area (Å²) in [7, 11) is 1.60. The molecule has 0 saturated carbocycles. The maximum atomic E-state index is 12.7. The van der Waals surface area contributed by atoms with Gasteiger partial charge in [-0.15, -0.1) is 0 Å². The Labute approximate surface area is 171 Å². The largest absolute Gasteiger partial charge is 0.493 e. The van der Waals surface area contributed by atoms with Crippen LogP contribution in [-0.4, -0.2) is 24.2 Å². The van der Waals surface area contributed by atoms with E-state index in [0.717, 1.165) is 11.3 Å². The number of nitrogens with one attached hydrogen (secondary N) is 2. The number of carbonyl (C=O) groups is 1. The number of rotatable bonds is 5. The summed E-state index contributed by atoms with van der Waals surface area (Å²) in [4.78, 5) is 13.3. The van der Waals surface area contributed by atoms with Gasteiger partial charge in [0.05, 0.1) is 13.7 Å². The molecule has 8 heteroatoms. The number of thiazole rings is 1. The third kappa shape index (κ3) is 3.25. The zero-order valence-corrected chi connectivity index (χ0v) is 17.0. The molecule has 1 atom stereocenters. The summed E-state index contributed by atoms with van der Waals surface area (Å²) in [6.45, 7) is 2.47. The number of aromatic nitrogens is 1. The Morgan fingerprint density at radius 2 is 1.93 bits per heavy atom. The van der Waals surface area contributed by atoms with Gasteiger partial charge in [-0.3, -0.25) is 9.36 Å². The van der Waals surface area contributed by atoms with E-state index in [0.29, 0.717) is 32.8 Å². The molecule has 1 aliphatic rings. The van der Waals surface area contributed by atoms with Crippen molar-refractivity contribution in [2.24, 2.45) is 0 Å². The van der Waals surface area contributed by atoms with Crippen molar-refractivity contribution in [2.75, 3.05) is 19.0 Å². The van der Waals surface area contributed by atoms with Gasteiger partial charge < -0.3 is 20.1 Å². The van der Waals surface area contributed by atoms with Crippen molar-refractivity contribution < 1.29 is 14.3 Å². The Balaban J connectivity index is 1.74. The van der Waals surface area contributed by atoms with Crippen LogP contribution in [-0.2, 0) is 0 Å². The van der Waals surface area contributed by atoms with E-state index < -0.39 is 6.17 Å². The lowest BCUT2D eigenvalue weighted by Gasteiger charge is -2.27. The molecular formula is C20H19N3O3S2. The molecule has 1 amide bonds. The lowest BCUT2D eigenvalue weighted by atomic mass is 10.1. The number of carbonyl (C=O) groups excluding carboxylic acids is 1. The molecule has 1 aliphatic heterocycles. The van der Waals surface area contributed by atoms with E-state index in [1.54, 1.807) is 7.11 Å². The molecule has 0 fully saturated rings. The topological polar surface area (TPSA) is 64.5 Å². The number of hydrogen-bond acceptors (Lipinski definition) is 6. The van der Waals surface area contributed by atoms with Crippen molar-refractivity contribution in [2.45, 2.75) is 13.1 Å². The first-order valence-electron chi connectivity index (χ1n) is 8.81. The second-order valence-electron chi connectivity index (χ2n) is 6.11. The second-order valence-corrected chi connectivity index (χ2v) is 7.75. The monoisotopic (exact) mass is 413 g/mol. The van der Waals surface area contributed by atoms with Crippen molar-refractivity contribution in [3.63, 3.8) is 0 Å². The summed E-state index contributed by atoms with van der Waals surface area (Å²) in [5.41, 5.74) is 1.77. The standard InChI is InChI=1S/C20H19N3O3S2/c1-3-26-14-10-9-12(11-15(14)25-2)17-21-18-16(19(24)22-17)28-20(27)23(18)13-7-5-4-6-8-13/h4-11,17,21H,3H2,1-2H3,(H,22,24)/t17-/m0/s1. The number of hydrogen-bond donors (Lipinski definition) is 2. The first-order valence-corrected chi connectivity index (χ1v) is 10.0. The molecule has 1 aromatic heterocycles. The lowest BCUT2D eigenvalue weighted by molar-refractivity contribution is 0.0939. The van der Waals surface area contributed by atoms with Gasteiger partial charge in [0, 0.05) is 5.69 Å². The smallest absolute Gasteiger partial charge is 0.267 e. The van der Waals surface area contributed by atoms with Crippen molar-refractivity contribution >= 4 is 35.3 Å². The van der Waals surface area contributed by atoms with Gasteiger partial charge in [0.1, 0.15) is 16.9 Å². The molecule has 144 valence electrons. The van der Waals surface area contributed by atoms with Crippen LogP contribution in [0.5, 0.6) is 11.5 Å². The van der Waals surface area contributed by atoms with Crippen LogP contribution in [0.4, 0.5) is 5.82 Å². The van der Waals surface area contributed by atoms with Crippen LogP contribution in [0.1, 0.15) is 28.3 Å². The molecule has 0 saturated heterocycles. The zero-order chi connectivity index (χ0) is 19.7. The van der Waals surface area contributed by atoms with Crippen LogP contribution in [0, 0.1) is 3.95 Å². The van der Waals surface area contributed by atoms with E-state index in [1.165, 1.54) is 11.3 Å². The van der Waals surface area contributed by atoms with Crippen LogP contribution in [0.3, 0.4) is 0 Å². The highest BCUT2D eigenvalue weighted by atomic mass is 32.1. The Hall–Kier alpha value is -2.84. The van der Waals surface area contributed by atoms with Crippen molar-refractivity contribution in [1.82, 2.24) is 9.88 Å². The highest BCUT2D eigenvalue weighted by Crippen LogP contribution is 2.36. The summed E-state index contributed by atoms with van der Waals surface area (Å²) in [5.74, 6) is 1.82. The number of benzene rings is 2. The maximum Gasteiger partial charge on any atom is 0.267 e. The first kappa shape index (κ1) is 18.5. The normalized spacial score (nSPS) is 15.4. The minimum atomic E-state index is -0.413. The Morgan fingerprint density at radius 1 is 1.14 bits per heavy atom. The highest BCUT2D eigenvalue weighted by Gasteiger charge is 2.30. The molecule has 0 radical (unpaired) electrons. The second kappa shape index (κ2) is 7.65. The molecule has 2 N–H and O–H groups in total. The SMILES string of the molecule is CCOc1ccc([C@@H]2NC(=O)c3sc(=S)n(-c4ccccc4)c3N2)cc1OC. The Morgan fingerprint density at radius 3 is 2.64 bits per heavy atom. The molecule has 3 aromatic rings. The zero-order valence-electron chi connectivity index (χ0n) is 15.4. The van der Waals surface area contributed by atoms with E-state index in [2.05, 4.69) is 10.6 Å². The van der Waals surface area contributed by atoms with Crippen molar-refractivity contribution in [3.05, 3.63) is 62.9 Å². The van der Waals surface area contributed by atoms with Crippen LogP contribution in [0.15, 0.2) is 48.5 Å². The predicted molar refractivity (Wildman–Crippen MR) is 112 cm³/mol. The van der Waals surface area contributed by atoms with Gasteiger partial charge in [0.25, 0.3) is 5.91 Å². The average molecular weight is 414 g/mol. The number of nitrogens with zero attached hydrogens (tertiary/aromatic N) is 1. The molecule has 28 heavy (non-hydrogen) atoms. The molecule has 0 bridgehead atoms. The summed E-state index contributed by atoms with van der Waals surface area (Å²) in [6.07, 6.45) is -0.413. The van der Waals surface area contributed by atoms with Gasteiger partial charge in [0.2, 0.25) is 0 Å². The first-order chi connectivity index (χ1) is 13.6. The predicted octanol–water partition coefficient (Wildman–Crippen LogP) is 4.53. The minimum absolute atomic E-state index is 0.155. The van der Waals surface area contributed by atoms with Gasteiger partial charge in [-0.1, -0.05) is 35.6 Å².